The summed E-state index contributed by atoms with van der Waals surface area (Å²) in [4.78, 5) is 39.5. The second-order valence-electron chi connectivity index (χ2n) is 7.42. The zero-order valence-electron chi connectivity index (χ0n) is 17.8. The second-order valence-corrected chi connectivity index (χ2v) is 7.42. The summed E-state index contributed by atoms with van der Waals surface area (Å²) in [6, 6.07) is 22.9. The summed E-state index contributed by atoms with van der Waals surface area (Å²) in [5.41, 5.74) is -0.856. The number of para-hydroxylation sites is 1. The Morgan fingerprint density at radius 1 is 0.939 bits per heavy atom. The number of nitrogens with zero attached hydrogens (tertiary/aromatic N) is 3. The maximum Gasteiger partial charge on any atom is 0.352 e. The SMILES string of the molecule is CC(c1ccccc1)n1c(=O)c(C(=O)NCc2ccccc2)nn(-c2ccccc2F)c1=O. The van der Waals surface area contributed by atoms with E-state index in [0.717, 1.165) is 14.8 Å². The molecule has 8 heteroatoms. The topological polar surface area (TPSA) is 86.0 Å². The van der Waals surface area contributed by atoms with Gasteiger partial charge >= 0.3 is 5.69 Å². The van der Waals surface area contributed by atoms with Crippen molar-refractivity contribution in [2.75, 3.05) is 0 Å². The molecule has 1 atom stereocenters. The Morgan fingerprint density at radius 2 is 1.55 bits per heavy atom. The number of benzene rings is 3. The maximum atomic E-state index is 14.5. The van der Waals surface area contributed by atoms with Gasteiger partial charge in [0.1, 0.15) is 11.5 Å². The number of carbonyl (C=O) groups excluding carboxylic acids is 1. The molecule has 1 amide bonds. The summed E-state index contributed by atoms with van der Waals surface area (Å²) >= 11 is 0. The van der Waals surface area contributed by atoms with Crippen molar-refractivity contribution in [1.29, 1.82) is 0 Å². The van der Waals surface area contributed by atoms with E-state index in [4.69, 9.17) is 0 Å². The fourth-order valence-electron chi connectivity index (χ4n) is 3.50. The molecule has 1 heterocycles. The van der Waals surface area contributed by atoms with Crippen LogP contribution < -0.4 is 16.6 Å². The van der Waals surface area contributed by atoms with Crippen molar-refractivity contribution >= 4 is 5.91 Å². The van der Waals surface area contributed by atoms with E-state index in [2.05, 4.69) is 10.4 Å². The van der Waals surface area contributed by atoms with Gasteiger partial charge in [-0.05, 0) is 30.2 Å². The smallest absolute Gasteiger partial charge is 0.346 e. The van der Waals surface area contributed by atoms with E-state index < -0.39 is 34.7 Å². The highest BCUT2D eigenvalue weighted by Crippen LogP contribution is 2.15. The minimum absolute atomic E-state index is 0.159. The van der Waals surface area contributed by atoms with Gasteiger partial charge in [-0.15, -0.1) is 0 Å². The molecule has 1 aromatic heterocycles. The molecule has 4 rings (SSSR count). The van der Waals surface area contributed by atoms with Gasteiger partial charge in [0.2, 0.25) is 5.69 Å². The Bertz CT molecular complexity index is 1400. The molecule has 0 saturated heterocycles. The lowest BCUT2D eigenvalue weighted by molar-refractivity contribution is 0.0940. The molecule has 0 bridgehead atoms. The van der Waals surface area contributed by atoms with Crippen LogP contribution in [0.1, 0.15) is 34.6 Å². The number of hydrogen-bond acceptors (Lipinski definition) is 4. The molecule has 0 spiro atoms. The maximum absolute atomic E-state index is 14.5. The molecule has 1 N–H and O–H groups in total. The molecule has 4 aromatic rings. The molecule has 0 aliphatic heterocycles. The highest BCUT2D eigenvalue weighted by atomic mass is 19.1. The van der Waals surface area contributed by atoms with Gasteiger partial charge in [-0.2, -0.15) is 9.78 Å². The van der Waals surface area contributed by atoms with Crippen LogP contribution in [0.25, 0.3) is 5.69 Å². The second kappa shape index (κ2) is 9.44. The normalized spacial score (nSPS) is 11.7. The van der Waals surface area contributed by atoms with Crippen LogP contribution in [0, 0.1) is 5.82 Å². The average Bonchev–Trinajstić information content (AvgIpc) is 2.84. The highest BCUT2D eigenvalue weighted by Gasteiger charge is 2.24. The van der Waals surface area contributed by atoms with Crippen LogP contribution in [-0.4, -0.2) is 20.3 Å². The quantitative estimate of drug-likeness (QED) is 0.495. The zero-order valence-corrected chi connectivity index (χ0v) is 17.8. The number of rotatable bonds is 6. The molecule has 3 aromatic carbocycles. The summed E-state index contributed by atoms with van der Waals surface area (Å²) < 4.78 is 16.2. The first-order valence-corrected chi connectivity index (χ1v) is 10.3. The van der Waals surface area contributed by atoms with E-state index in [9.17, 15) is 18.8 Å². The van der Waals surface area contributed by atoms with E-state index in [0.29, 0.717) is 5.56 Å². The van der Waals surface area contributed by atoms with E-state index >= 15 is 0 Å². The lowest BCUT2D eigenvalue weighted by Gasteiger charge is -2.18. The summed E-state index contributed by atoms with van der Waals surface area (Å²) in [6.45, 7) is 1.82. The summed E-state index contributed by atoms with van der Waals surface area (Å²) in [7, 11) is 0. The lowest BCUT2D eigenvalue weighted by atomic mass is 10.1. The molecule has 166 valence electrons. The van der Waals surface area contributed by atoms with Gasteiger partial charge in [-0.1, -0.05) is 72.8 Å². The molecule has 0 fully saturated rings. The van der Waals surface area contributed by atoms with E-state index in [1.54, 1.807) is 31.2 Å². The standard InChI is InChI=1S/C25H21FN4O3/c1-17(19-12-6-3-7-13-19)29-24(32)22(23(31)27-16-18-10-4-2-5-11-18)28-30(25(29)33)21-15-9-8-14-20(21)26/h2-15,17H,16H2,1H3,(H,27,31). The van der Waals surface area contributed by atoms with Gasteiger partial charge in [0.25, 0.3) is 11.5 Å². The van der Waals surface area contributed by atoms with Crippen LogP contribution >= 0.6 is 0 Å². The number of halogens is 1. The van der Waals surface area contributed by atoms with Crippen LogP contribution in [-0.2, 0) is 6.54 Å². The van der Waals surface area contributed by atoms with Crippen molar-refractivity contribution < 1.29 is 9.18 Å². The number of amides is 1. The van der Waals surface area contributed by atoms with Crippen molar-refractivity contribution in [3.8, 4) is 5.69 Å². The number of hydrogen-bond donors (Lipinski definition) is 1. The molecule has 0 aliphatic carbocycles. The largest absolute Gasteiger partial charge is 0.352 e. The van der Waals surface area contributed by atoms with Gasteiger partial charge in [-0.25, -0.2) is 13.8 Å². The predicted octanol–water partition coefficient (Wildman–Crippen LogP) is 3.07. The van der Waals surface area contributed by atoms with Gasteiger partial charge in [0.15, 0.2) is 0 Å². The molecule has 0 aliphatic rings. The predicted molar refractivity (Wildman–Crippen MR) is 122 cm³/mol. The minimum Gasteiger partial charge on any atom is -0.346 e. The third-order valence-corrected chi connectivity index (χ3v) is 5.27. The van der Waals surface area contributed by atoms with Crippen molar-refractivity contribution in [1.82, 2.24) is 19.7 Å². The number of carbonyl (C=O) groups is 1. The van der Waals surface area contributed by atoms with E-state index in [1.165, 1.54) is 24.3 Å². The van der Waals surface area contributed by atoms with Crippen LogP contribution in [0.15, 0.2) is 94.5 Å². The lowest BCUT2D eigenvalue weighted by Crippen LogP contribution is -2.47. The molecule has 33 heavy (non-hydrogen) atoms. The molecular formula is C25H21FN4O3. The van der Waals surface area contributed by atoms with E-state index in [-0.39, 0.29) is 12.2 Å². The van der Waals surface area contributed by atoms with Crippen LogP contribution in [0.3, 0.4) is 0 Å². The third-order valence-electron chi connectivity index (χ3n) is 5.27. The zero-order chi connectivity index (χ0) is 23.4. The fourth-order valence-corrected chi connectivity index (χ4v) is 3.50. The minimum atomic E-state index is -0.852. The fraction of sp³-hybridized carbons (Fsp3) is 0.120. The Balaban J connectivity index is 1.85. The van der Waals surface area contributed by atoms with Gasteiger partial charge < -0.3 is 5.32 Å². The van der Waals surface area contributed by atoms with Crippen molar-refractivity contribution in [3.63, 3.8) is 0 Å². The summed E-state index contributed by atoms with van der Waals surface area (Å²) in [5, 5.41) is 6.62. The molecule has 1 unspecified atom stereocenters. The Kier molecular flexibility index (Phi) is 6.26. The molecule has 0 saturated carbocycles. The van der Waals surface area contributed by atoms with Gasteiger partial charge in [0, 0.05) is 6.54 Å². The van der Waals surface area contributed by atoms with Crippen molar-refractivity contribution in [3.05, 3.63) is 128 Å². The molecule has 7 nitrogen and oxygen atoms in total. The number of nitrogens with one attached hydrogen (secondary N) is 1. The average molecular weight is 444 g/mol. The third kappa shape index (κ3) is 4.50. The van der Waals surface area contributed by atoms with E-state index in [1.807, 2.05) is 36.4 Å². The molecular weight excluding hydrogens is 423 g/mol. The van der Waals surface area contributed by atoms with Crippen LogP contribution in [0.2, 0.25) is 0 Å². The first-order chi connectivity index (χ1) is 16.0. The summed E-state index contributed by atoms with van der Waals surface area (Å²) in [5.74, 6) is -1.47. The Labute approximate surface area is 188 Å². The van der Waals surface area contributed by atoms with Crippen LogP contribution in [0.5, 0.6) is 0 Å². The van der Waals surface area contributed by atoms with Gasteiger partial charge in [0.05, 0.1) is 6.04 Å². The Hall–Kier alpha value is -4.33. The first-order valence-electron chi connectivity index (χ1n) is 10.3. The van der Waals surface area contributed by atoms with Crippen molar-refractivity contribution in [2.45, 2.75) is 19.5 Å². The number of aromatic nitrogens is 3. The monoisotopic (exact) mass is 444 g/mol. The van der Waals surface area contributed by atoms with Crippen molar-refractivity contribution in [2.24, 2.45) is 0 Å². The molecule has 0 radical (unpaired) electrons. The Morgan fingerprint density at radius 3 is 2.21 bits per heavy atom. The first kappa shape index (κ1) is 21.9. The highest BCUT2D eigenvalue weighted by molar-refractivity contribution is 5.91. The van der Waals surface area contributed by atoms with Gasteiger partial charge in [-0.3, -0.25) is 9.59 Å². The summed E-state index contributed by atoms with van der Waals surface area (Å²) in [6.07, 6.45) is 0. The van der Waals surface area contributed by atoms with Crippen LogP contribution in [0.4, 0.5) is 4.39 Å².